The largest absolute Gasteiger partial charge is 0.504 e. The van der Waals surface area contributed by atoms with Crippen molar-refractivity contribution in [3.63, 3.8) is 0 Å². The molecule has 2 aliphatic carbocycles. The van der Waals surface area contributed by atoms with Gasteiger partial charge in [-0.05, 0) is 37.2 Å². The number of ketones is 1. The van der Waals surface area contributed by atoms with Crippen molar-refractivity contribution >= 4 is 5.78 Å². The number of aliphatic hydroxyl groups excluding tert-OH is 9. The lowest BCUT2D eigenvalue weighted by molar-refractivity contribution is -0.324. The summed E-state index contributed by atoms with van der Waals surface area (Å²) in [6.45, 7) is 5.86. The molecule has 2 aliphatic heterocycles. The van der Waals surface area contributed by atoms with Crippen molar-refractivity contribution in [3.8, 4) is 11.5 Å². The standard InChI is InChI=1S/C32H48O15/c1-12(35)7-13-8-14-15(36)9-18-31(2,3)19(46-29-26(42)24(40)21(37)16(10-33)44-29)5-6-32(18,4)20(14)23(39)28(13)47-30-27(43)25(41)22(38)17(11-34)45-30/h8,12,16-19,21-22,24-27,29-30,33-35,37-43H,5-7,9-11H2,1-4H3/t12?,16-,17-,18+,19+,21-,22-,24+,25+,26-,27-,29+,30+,32+/m1/s1. The quantitative estimate of drug-likeness (QED) is 0.143. The zero-order valence-corrected chi connectivity index (χ0v) is 26.8. The number of aliphatic hydroxyl groups is 9. The Morgan fingerprint density at radius 1 is 0.894 bits per heavy atom. The smallest absolute Gasteiger partial charge is 0.229 e. The summed E-state index contributed by atoms with van der Waals surface area (Å²) in [4.78, 5) is 13.8. The summed E-state index contributed by atoms with van der Waals surface area (Å²) in [6.07, 6.45) is -16.2. The molecule has 1 aromatic carbocycles. The first-order chi connectivity index (χ1) is 22.0. The first-order valence-electron chi connectivity index (χ1n) is 16.0. The fourth-order valence-corrected chi connectivity index (χ4v) is 8.08. The van der Waals surface area contributed by atoms with Crippen LogP contribution in [0.3, 0.4) is 0 Å². The van der Waals surface area contributed by atoms with Crippen LogP contribution in [0.5, 0.6) is 11.5 Å². The fraction of sp³-hybridized carbons (Fsp3) is 0.781. The lowest BCUT2D eigenvalue weighted by Gasteiger charge is -2.57. The van der Waals surface area contributed by atoms with Crippen molar-refractivity contribution in [2.45, 2.75) is 132 Å². The van der Waals surface area contributed by atoms with Crippen LogP contribution in [-0.2, 0) is 26.0 Å². The number of hydrogen-bond acceptors (Lipinski definition) is 15. The number of rotatable bonds is 8. The number of hydrogen-bond donors (Lipinski definition) is 10. The van der Waals surface area contributed by atoms with Crippen LogP contribution in [0.4, 0.5) is 0 Å². The van der Waals surface area contributed by atoms with Crippen LogP contribution >= 0.6 is 0 Å². The zero-order valence-electron chi connectivity index (χ0n) is 26.8. The number of carbonyl (C=O) groups is 1. The predicted octanol–water partition coefficient (Wildman–Crippen LogP) is -2.04. The van der Waals surface area contributed by atoms with E-state index < -0.39 is 109 Å². The monoisotopic (exact) mass is 672 g/mol. The van der Waals surface area contributed by atoms with E-state index in [0.717, 1.165) is 0 Å². The second-order valence-electron chi connectivity index (χ2n) is 14.3. The third-order valence-electron chi connectivity index (χ3n) is 10.8. The first-order valence-corrected chi connectivity index (χ1v) is 16.0. The highest BCUT2D eigenvalue weighted by Crippen LogP contribution is 2.61. The highest BCUT2D eigenvalue weighted by atomic mass is 16.7. The van der Waals surface area contributed by atoms with Gasteiger partial charge in [-0.3, -0.25) is 4.79 Å². The average Bonchev–Trinajstić information content (AvgIpc) is 3.01. The summed E-state index contributed by atoms with van der Waals surface area (Å²) in [7, 11) is 0. The normalized spacial score (nSPS) is 42.4. The molecule has 15 heteroatoms. The molecule has 14 atom stereocenters. The van der Waals surface area contributed by atoms with Gasteiger partial charge in [0.25, 0.3) is 0 Å². The maximum Gasteiger partial charge on any atom is 0.229 e. The SMILES string of the molecule is CC(O)Cc1cc2c(c(O)c1O[C@@H]1O[C@H](CO)[C@@H](O)[C@H](O)[C@H]1O)[C@@]1(C)CC[C@H](O[C@@H]3O[C@H](CO)[C@@H](O)[C@H](O)[C@H]3O)C(C)(C)[C@@H]1CC2=O. The summed E-state index contributed by atoms with van der Waals surface area (Å²) in [5.41, 5.74) is -0.901. The maximum atomic E-state index is 13.8. The summed E-state index contributed by atoms with van der Waals surface area (Å²) < 4.78 is 23.3. The van der Waals surface area contributed by atoms with E-state index in [2.05, 4.69) is 0 Å². The van der Waals surface area contributed by atoms with Crippen molar-refractivity contribution < 1.29 is 74.8 Å². The van der Waals surface area contributed by atoms with E-state index in [1.807, 2.05) is 20.8 Å². The van der Waals surface area contributed by atoms with Crippen LogP contribution < -0.4 is 4.74 Å². The van der Waals surface area contributed by atoms with Crippen molar-refractivity contribution in [2.24, 2.45) is 11.3 Å². The fourth-order valence-electron chi connectivity index (χ4n) is 8.08. The third kappa shape index (κ3) is 6.19. The first kappa shape index (κ1) is 36.3. The maximum absolute atomic E-state index is 13.8. The molecule has 15 nitrogen and oxygen atoms in total. The number of Topliss-reactive ketones (excluding diaryl/α,β-unsaturated/α-hetero) is 1. The Morgan fingerprint density at radius 2 is 1.45 bits per heavy atom. The van der Waals surface area contributed by atoms with Gasteiger partial charge >= 0.3 is 0 Å². The van der Waals surface area contributed by atoms with Crippen LogP contribution in [0.15, 0.2) is 6.07 Å². The van der Waals surface area contributed by atoms with Crippen LogP contribution in [0.2, 0.25) is 0 Å². The molecule has 0 radical (unpaired) electrons. The number of ether oxygens (including phenoxy) is 4. The van der Waals surface area contributed by atoms with Crippen molar-refractivity contribution in [1.82, 2.24) is 0 Å². The van der Waals surface area contributed by atoms with Crippen LogP contribution in [0.1, 0.15) is 68.4 Å². The minimum absolute atomic E-state index is 0.0540. The molecule has 10 N–H and O–H groups in total. The van der Waals surface area contributed by atoms with E-state index in [4.69, 9.17) is 18.9 Å². The molecule has 1 unspecified atom stereocenters. The molecule has 3 fully saturated rings. The molecule has 0 bridgehead atoms. The number of aromatic hydroxyl groups is 1. The summed E-state index contributed by atoms with van der Waals surface area (Å²) in [5.74, 6) is -1.35. The van der Waals surface area contributed by atoms with Crippen LogP contribution in [0.25, 0.3) is 0 Å². The molecule has 5 rings (SSSR count). The Kier molecular flexibility index (Phi) is 10.3. The van der Waals surface area contributed by atoms with Gasteiger partial charge in [-0.2, -0.15) is 0 Å². The highest BCUT2D eigenvalue weighted by Gasteiger charge is 2.59. The molecule has 1 saturated carbocycles. The van der Waals surface area contributed by atoms with E-state index in [1.54, 1.807) is 0 Å². The zero-order chi connectivity index (χ0) is 34.7. The van der Waals surface area contributed by atoms with Crippen LogP contribution in [-0.4, -0.2) is 144 Å². The van der Waals surface area contributed by atoms with E-state index in [9.17, 15) is 55.9 Å². The molecule has 4 aliphatic rings. The number of carbonyl (C=O) groups excluding carboxylic acids is 1. The molecule has 266 valence electrons. The van der Waals surface area contributed by atoms with Gasteiger partial charge in [-0.1, -0.05) is 20.8 Å². The van der Waals surface area contributed by atoms with Gasteiger partial charge in [0, 0.05) is 34.9 Å². The molecule has 0 amide bonds. The molecule has 2 heterocycles. The van der Waals surface area contributed by atoms with E-state index in [1.165, 1.54) is 13.0 Å². The Labute approximate surface area is 271 Å². The average molecular weight is 673 g/mol. The van der Waals surface area contributed by atoms with Gasteiger partial charge < -0.3 is 70.0 Å². The van der Waals surface area contributed by atoms with Gasteiger partial charge in [0.15, 0.2) is 23.6 Å². The van der Waals surface area contributed by atoms with Gasteiger partial charge in [-0.25, -0.2) is 0 Å². The second-order valence-corrected chi connectivity index (χ2v) is 14.3. The lowest BCUT2D eigenvalue weighted by Crippen LogP contribution is -2.62. The minimum atomic E-state index is -1.78. The van der Waals surface area contributed by atoms with Crippen molar-refractivity contribution in [2.75, 3.05) is 13.2 Å². The molecule has 0 aromatic heterocycles. The van der Waals surface area contributed by atoms with Crippen molar-refractivity contribution in [3.05, 3.63) is 22.8 Å². The molecule has 0 spiro atoms. The number of fused-ring (bicyclic) bond motifs is 3. The molecule has 2 saturated heterocycles. The third-order valence-corrected chi connectivity index (χ3v) is 10.8. The minimum Gasteiger partial charge on any atom is -0.504 e. The Morgan fingerprint density at radius 3 is 2.00 bits per heavy atom. The summed E-state index contributed by atoms with van der Waals surface area (Å²) in [5, 5.41) is 104. The Balaban J connectivity index is 1.51. The Hall–Kier alpha value is -1.99. The summed E-state index contributed by atoms with van der Waals surface area (Å²) >= 11 is 0. The van der Waals surface area contributed by atoms with Gasteiger partial charge in [-0.15, -0.1) is 0 Å². The molecule has 1 aromatic rings. The predicted molar refractivity (Wildman–Crippen MR) is 159 cm³/mol. The van der Waals surface area contributed by atoms with Crippen LogP contribution in [0, 0.1) is 11.3 Å². The second kappa shape index (κ2) is 13.4. The molecular formula is C32H48O15. The van der Waals surface area contributed by atoms with E-state index in [0.29, 0.717) is 12.8 Å². The van der Waals surface area contributed by atoms with Gasteiger partial charge in [0.2, 0.25) is 6.29 Å². The van der Waals surface area contributed by atoms with Crippen molar-refractivity contribution in [1.29, 1.82) is 0 Å². The van der Waals surface area contributed by atoms with E-state index in [-0.39, 0.29) is 41.1 Å². The number of benzene rings is 1. The van der Waals surface area contributed by atoms with Gasteiger partial charge in [0.05, 0.1) is 25.4 Å². The highest BCUT2D eigenvalue weighted by molar-refractivity contribution is 6.01. The molecular weight excluding hydrogens is 624 g/mol. The lowest BCUT2D eigenvalue weighted by atomic mass is 9.49. The molecule has 47 heavy (non-hydrogen) atoms. The number of phenols is 1. The van der Waals surface area contributed by atoms with E-state index >= 15 is 0 Å². The number of phenolic OH excluding ortho intramolecular Hbond substituents is 1. The summed E-state index contributed by atoms with van der Waals surface area (Å²) in [6, 6.07) is 1.54. The topological polar surface area (TPSA) is 256 Å². The van der Waals surface area contributed by atoms with Gasteiger partial charge in [0.1, 0.15) is 48.8 Å². The Bertz CT molecular complexity index is 1300.